The monoisotopic (exact) mass is 521 g/mol. The van der Waals surface area contributed by atoms with Gasteiger partial charge >= 0.3 is 21.6 Å². The lowest BCUT2D eigenvalue weighted by atomic mass is 10.1. The zero-order valence-corrected chi connectivity index (χ0v) is 20.4. The number of benzene rings is 3. The molecule has 0 bridgehead atoms. The Hall–Kier alpha value is -3.63. The lowest BCUT2D eigenvalue weighted by Gasteiger charge is -2.00. The Balaban J connectivity index is 0.000000215. The highest BCUT2D eigenvalue weighted by Crippen LogP contribution is 2.20. The van der Waals surface area contributed by atoms with E-state index in [1.807, 2.05) is 18.2 Å². The standard InChI is InChI=1S/C17H17N.C8H8O2.CHF3O3S/c1-13-6-8-14(9-7-13)10-11-16-12-15-4-2-3-5-17(15)18-16;1-7(9)10-8-5-3-2-4-6-8;2-1(3,4)8(5,6)7/h2-9,12,18H,10-11H2,1H3;2-6H,1H3;(H,5,6,7). The van der Waals surface area contributed by atoms with Crippen LogP contribution in [0.2, 0.25) is 0 Å². The van der Waals surface area contributed by atoms with Crippen molar-refractivity contribution < 1.29 is 35.7 Å². The third-order valence-electron chi connectivity index (χ3n) is 4.69. The van der Waals surface area contributed by atoms with Crippen LogP contribution in [-0.4, -0.2) is 29.4 Å². The van der Waals surface area contributed by atoms with E-state index in [9.17, 15) is 18.0 Å². The molecule has 2 N–H and O–H groups in total. The first kappa shape index (κ1) is 28.6. The van der Waals surface area contributed by atoms with E-state index in [1.165, 1.54) is 34.6 Å². The fraction of sp³-hybridized carbons (Fsp3) is 0.192. The van der Waals surface area contributed by atoms with E-state index in [-0.39, 0.29) is 5.97 Å². The first-order valence-corrected chi connectivity index (χ1v) is 12.2. The van der Waals surface area contributed by atoms with Crippen molar-refractivity contribution in [3.63, 3.8) is 0 Å². The maximum absolute atomic E-state index is 10.7. The molecule has 0 spiro atoms. The number of aromatic amines is 1. The minimum Gasteiger partial charge on any atom is -0.427 e. The van der Waals surface area contributed by atoms with Crippen LogP contribution in [0.3, 0.4) is 0 Å². The van der Waals surface area contributed by atoms with Crippen LogP contribution in [0, 0.1) is 6.92 Å². The second-order valence-corrected chi connectivity index (χ2v) is 9.11. The van der Waals surface area contributed by atoms with Crippen molar-refractivity contribution in [1.82, 2.24) is 4.98 Å². The van der Waals surface area contributed by atoms with E-state index < -0.39 is 15.6 Å². The van der Waals surface area contributed by atoms with Gasteiger partial charge in [-0.2, -0.15) is 21.6 Å². The summed E-state index contributed by atoms with van der Waals surface area (Å²) in [6, 6.07) is 28.5. The molecule has 0 aliphatic carbocycles. The molecule has 0 aliphatic rings. The summed E-state index contributed by atoms with van der Waals surface area (Å²) in [5, 5.41) is 1.30. The smallest absolute Gasteiger partial charge is 0.427 e. The molecule has 0 atom stereocenters. The minimum absolute atomic E-state index is 0.286. The molecule has 4 aromatic rings. The van der Waals surface area contributed by atoms with E-state index in [4.69, 9.17) is 17.7 Å². The van der Waals surface area contributed by atoms with E-state index in [0.29, 0.717) is 5.75 Å². The number of hydrogen-bond donors (Lipinski definition) is 2. The lowest BCUT2D eigenvalue weighted by molar-refractivity contribution is -0.131. The maximum Gasteiger partial charge on any atom is 0.522 e. The Kier molecular flexibility index (Phi) is 10.2. The van der Waals surface area contributed by atoms with Crippen molar-refractivity contribution in [2.45, 2.75) is 32.2 Å². The molecule has 4 rings (SSSR count). The number of carbonyl (C=O) groups excluding carboxylic acids is 1. The van der Waals surface area contributed by atoms with Crippen molar-refractivity contribution in [2.75, 3.05) is 0 Å². The number of carbonyl (C=O) groups is 1. The van der Waals surface area contributed by atoms with Crippen LogP contribution in [0.25, 0.3) is 10.9 Å². The molecule has 6 nitrogen and oxygen atoms in total. The van der Waals surface area contributed by atoms with Crippen LogP contribution in [0.15, 0.2) is 84.9 Å². The van der Waals surface area contributed by atoms with Gasteiger partial charge in [0.15, 0.2) is 0 Å². The summed E-state index contributed by atoms with van der Waals surface area (Å²) in [6.07, 6.45) is 2.16. The fourth-order valence-electron chi connectivity index (χ4n) is 2.96. The Morgan fingerprint density at radius 3 is 2.00 bits per heavy atom. The molecule has 192 valence electrons. The van der Waals surface area contributed by atoms with Crippen LogP contribution in [0.4, 0.5) is 13.2 Å². The molecule has 10 heteroatoms. The Morgan fingerprint density at radius 2 is 1.47 bits per heavy atom. The van der Waals surface area contributed by atoms with E-state index in [2.05, 4.69) is 66.5 Å². The number of halogens is 3. The number of ether oxygens (including phenoxy) is 1. The van der Waals surface area contributed by atoms with E-state index in [0.717, 1.165) is 12.8 Å². The number of H-pyrrole nitrogens is 1. The van der Waals surface area contributed by atoms with Gasteiger partial charge in [-0.15, -0.1) is 0 Å². The Morgan fingerprint density at radius 1 is 0.917 bits per heavy atom. The zero-order chi connectivity index (χ0) is 26.8. The van der Waals surface area contributed by atoms with Crippen LogP contribution in [0.5, 0.6) is 5.75 Å². The summed E-state index contributed by atoms with van der Waals surface area (Å²) in [6.45, 7) is 3.51. The molecule has 0 amide bonds. The number of para-hydroxylation sites is 2. The van der Waals surface area contributed by atoms with Gasteiger partial charge in [0.25, 0.3) is 0 Å². The largest absolute Gasteiger partial charge is 0.522 e. The number of rotatable bonds is 4. The molecular formula is C26H26F3NO5S. The van der Waals surface area contributed by atoms with Gasteiger partial charge in [0, 0.05) is 18.1 Å². The van der Waals surface area contributed by atoms with Gasteiger partial charge in [0.2, 0.25) is 0 Å². The highest BCUT2D eigenvalue weighted by atomic mass is 32.2. The molecule has 0 aliphatic heterocycles. The Bertz CT molecular complexity index is 1320. The van der Waals surface area contributed by atoms with Gasteiger partial charge in [-0.3, -0.25) is 9.35 Å². The van der Waals surface area contributed by atoms with Crippen molar-refractivity contribution in [3.8, 4) is 5.75 Å². The maximum atomic E-state index is 10.7. The third kappa shape index (κ3) is 9.93. The van der Waals surface area contributed by atoms with Crippen LogP contribution >= 0.6 is 0 Å². The van der Waals surface area contributed by atoms with Gasteiger partial charge in [-0.05, 0) is 55.0 Å². The molecule has 0 radical (unpaired) electrons. The second-order valence-electron chi connectivity index (χ2n) is 7.69. The van der Waals surface area contributed by atoms with Crippen molar-refractivity contribution >= 4 is 27.0 Å². The zero-order valence-electron chi connectivity index (χ0n) is 19.6. The molecular weight excluding hydrogens is 495 g/mol. The molecule has 3 aromatic carbocycles. The Labute approximate surface area is 207 Å². The van der Waals surface area contributed by atoms with Gasteiger partial charge in [0.1, 0.15) is 5.75 Å². The van der Waals surface area contributed by atoms with Crippen LogP contribution in [-0.2, 0) is 27.8 Å². The third-order valence-corrected chi connectivity index (χ3v) is 5.27. The average molecular weight is 522 g/mol. The summed E-state index contributed by atoms with van der Waals surface area (Å²) in [5.74, 6) is 0.307. The lowest BCUT2D eigenvalue weighted by Crippen LogP contribution is -2.21. The molecule has 0 saturated carbocycles. The summed E-state index contributed by atoms with van der Waals surface area (Å²) in [4.78, 5) is 13.9. The van der Waals surface area contributed by atoms with Gasteiger partial charge in [-0.1, -0.05) is 66.2 Å². The quantitative estimate of drug-likeness (QED) is 0.143. The number of fused-ring (bicyclic) bond motifs is 1. The van der Waals surface area contributed by atoms with Gasteiger partial charge in [0.05, 0.1) is 0 Å². The van der Waals surface area contributed by atoms with Crippen LogP contribution in [0.1, 0.15) is 23.7 Å². The minimum atomic E-state index is -5.84. The molecule has 0 unspecified atom stereocenters. The van der Waals surface area contributed by atoms with Crippen molar-refractivity contribution in [1.29, 1.82) is 0 Å². The molecule has 36 heavy (non-hydrogen) atoms. The SMILES string of the molecule is CC(=O)Oc1ccccc1.Cc1ccc(CCc2cc3ccccc3[nH]2)cc1.O=S(=O)(O)C(F)(F)F. The topological polar surface area (TPSA) is 96.5 Å². The number of aromatic nitrogens is 1. The highest BCUT2D eigenvalue weighted by molar-refractivity contribution is 7.86. The number of aryl methyl sites for hydroxylation is 3. The number of nitrogens with one attached hydrogen (secondary N) is 1. The fourth-order valence-corrected chi connectivity index (χ4v) is 2.96. The predicted octanol–water partition coefficient (Wildman–Crippen LogP) is 6.27. The summed E-state index contributed by atoms with van der Waals surface area (Å²) < 4.78 is 62.3. The average Bonchev–Trinajstić information content (AvgIpc) is 3.22. The van der Waals surface area contributed by atoms with Crippen molar-refractivity contribution in [2.24, 2.45) is 0 Å². The van der Waals surface area contributed by atoms with Gasteiger partial charge < -0.3 is 9.72 Å². The summed E-state index contributed by atoms with van der Waals surface area (Å²) in [7, 11) is -5.84. The first-order chi connectivity index (χ1) is 16.8. The normalized spacial score (nSPS) is 11.1. The van der Waals surface area contributed by atoms with Gasteiger partial charge in [-0.25, -0.2) is 0 Å². The van der Waals surface area contributed by atoms with Crippen molar-refractivity contribution in [3.05, 3.63) is 102 Å². The predicted molar refractivity (Wildman–Crippen MR) is 132 cm³/mol. The summed E-state index contributed by atoms with van der Waals surface area (Å²) in [5.41, 5.74) is -0.260. The summed E-state index contributed by atoms with van der Waals surface area (Å²) >= 11 is 0. The first-order valence-electron chi connectivity index (χ1n) is 10.7. The van der Waals surface area contributed by atoms with E-state index >= 15 is 0 Å². The molecule has 0 saturated heterocycles. The van der Waals surface area contributed by atoms with E-state index in [1.54, 1.807) is 12.1 Å². The number of esters is 1. The van der Waals surface area contributed by atoms with Crippen LogP contribution < -0.4 is 4.74 Å². The number of alkyl halides is 3. The number of hydrogen-bond acceptors (Lipinski definition) is 4. The molecule has 1 aromatic heterocycles. The molecule has 1 heterocycles. The molecule has 0 fully saturated rings. The highest BCUT2D eigenvalue weighted by Gasteiger charge is 2.44. The second kappa shape index (κ2) is 12.9.